The van der Waals surface area contributed by atoms with Gasteiger partial charge in [-0.2, -0.15) is 0 Å². The number of hydrogen-bond donors (Lipinski definition) is 3. The zero-order valence-corrected chi connectivity index (χ0v) is 17.3. The highest BCUT2D eigenvalue weighted by Crippen LogP contribution is 2.09. The first-order valence-corrected chi connectivity index (χ1v) is 10.2. The average Bonchev–Trinajstić information content (AvgIpc) is 2.57. The van der Waals surface area contributed by atoms with Gasteiger partial charge < -0.3 is 16.0 Å². The van der Waals surface area contributed by atoms with Crippen molar-refractivity contribution in [2.75, 3.05) is 26.7 Å². The third-order valence-corrected chi connectivity index (χ3v) is 3.99. The summed E-state index contributed by atoms with van der Waals surface area (Å²) in [5, 5.41) is 9.92. The molecule has 2 atom stereocenters. The molecule has 0 aliphatic carbocycles. The summed E-state index contributed by atoms with van der Waals surface area (Å²) in [4.78, 5) is 12.3. The Kier molecular flexibility index (Phi) is 22.1. The van der Waals surface area contributed by atoms with Gasteiger partial charge in [-0.3, -0.25) is 4.79 Å². The fourth-order valence-electron chi connectivity index (χ4n) is 2.47. The number of unbranched alkanes of at least 4 members (excludes halogenated alkanes) is 2. The standard InChI is InChI=1S/C17H37N3O.C3H8/c1-5-19-14-10-9-12-16(20-6-2)17(21)13-8-7-11-15(3)18-4;1-3-2/h15-16,18-20H,5-14H2,1-4H3;3H2,1-2H3. The van der Waals surface area contributed by atoms with Crippen LogP contribution in [0.2, 0.25) is 0 Å². The summed E-state index contributed by atoms with van der Waals surface area (Å²) in [6, 6.07) is 0.620. The topological polar surface area (TPSA) is 53.2 Å². The predicted molar refractivity (Wildman–Crippen MR) is 108 cm³/mol. The molecule has 0 bridgehead atoms. The number of nitrogens with one attached hydrogen (secondary N) is 3. The second-order valence-corrected chi connectivity index (χ2v) is 6.57. The van der Waals surface area contributed by atoms with Crippen LogP contribution in [0.1, 0.15) is 86.0 Å². The van der Waals surface area contributed by atoms with Gasteiger partial charge in [0.05, 0.1) is 6.04 Å². The second-order valence-electron chi connectivity index (χ2n) is 6.57. The number of hydrogen-bond acceptors (Lipinski definition) is 4. The number of ketones is 1. The number of carbonyl (C=O) groups excluding carboxylic acids is 1. The normalized spacial score (nSPS) is 13.1. The van der Waals surface area contributed by atoms with Gasteiger partial charge in [0.1, 0.15) is 5.78 Å². The van der Waals surface area contributed by atoms with Gasteiger partial charge in [-0.15, -0.1) is 0 Å². The van der Waals surface area contributed by atoms with Crippen molar-refractivity contribution in [3.8, 4) is 0 Å². The summed E-state index contributed by atoms with van der Waals surface area (Å²) in [6.07, 6.45) is 8.53. The van der Waals surface area contributed by atoms with Gasteiger partial charge in [0.2, 0.25) is 0 Å². The molecular weight excluding hydrogens is 298 g/mol. The highest BCUT2D eigenvalue weighted by Gasteiger charge is 2.16. The maximum absolute atomic E-state index is 12.3. The minimum Gasteiger partial charge on any atom is -0.317 e. The van der Waals surface area contributed by atoms with E-state index in [9.17, 15) is 4.79 Å². The van der Waals surface area contributed by atoms with Crippen LogP contribution in [0.4, 0.5) is 0 Å². The van der Waals surface area contributed by atoms with E-state index in [1.165, 1.54) is 6.42 Å². The molecule has 0 fully saturated rings. The van der Waals surface area contributed by atoms with E-state index in [0.29, 0.717) is 11.8 Å². The molecule has 0 amide bonds. The summed E-state index contributed by atoms with van der Waals surface area (Å²) in [5.74, 6) is 0.400. The Morgan fingerprint density at radius 2 is 1.54 bits per heavy atom. The first-order valence-electron chi connectivity index (χ1n) is 10.2. The zero-order chi connectivity index (χ0) is 18.6. The molecule has 3 N–H and O–H groups in total. The SMILES string of the molecule is CCC.CCNCCCCC(NCC)C(=O)CCCCC(C)NC. The van der Waals surface area contributed by atoms with Crippen LogP contribution < -0.4 is 16.0 Å². The maximum Gasteiger partial charge on any atom is 0.149 e. The van der Waals surface area contributed by atoms with E-state index in [0.717, 1.165) is 64.6 Å². The van der Waals surface area contributed by atoms with Crippen LogP contribution >= 0.6 is 0 Å². The summed E-state index contributed by atoms with van der Waals surface area (Å²) in [6.45, 7) is 13.6. The lowest BCUT2D eigenvalue weighted by Gasteiger charge is -2.17. The molecule has 0 aromatic carbocycles. The molecule has 0 spiro atoms. The van der Waals surface area contributed by atoms with Crippen molar-refractivity contribution in [2.24, 2.45) is 0 Å². The van der Waals surface area contributed by atoms with Crippen LogP contribution in [-0.2, 0) is 4.79 Å². The van der Waals surface area contributed by atoms with Crippen molar-refractivity contribution in [1.29, 1.82) is 0 Å². The van der Waals surface area contributed by atoms with Crippen LogP contribution in [0, 0.1) is 0 Å². The molecular formula is C20H45N3O. The van der Waals surface area contributed by atoms with Crippen LogP contribution in [0.5, 0.6) is 0 Å². The molecule has 4 nitrogen and oxygen atoms in total. The lowest BCUT2D eigenvalue weighted by Crippen LogP contribution is -2.36. The summed E-state index contributed by atoms with van der Waals surface area (Å²) < 4.78 is 0. The van der Waals surface area contributed by atoms with Gasteiger partial charge in [0.15, 0.2) is 0 Å². The maximum atomic E-state index is 12.3. The number of Topliss-reactive ketones (excluding diaryl/α,β-unsaturated/α-hetero) is 1. The van der Waals surface area contributed by atoms with Crippen LogP contribution in [0.25, 0.3) is 0 Å². The minimum atomic E-state index is 0.0679. The van der Waals surface area contributed by atoms with E-state index in [1.54, 1.807) is 0 Å². The fraction of sp³-hybridized carbons (Fsp3) is 0.950. The molecule has 0 radical (unpaired) electrons. The van der Waals surface area contributed by atoms with Crippen molar-refractivity contribution < 1.29 is 4.79 Å². The minimum absolute atomic E-state index is 0.0679. The highest BCUT2D eigenvalue weighted by atomic mass is 16.1. The highest BCUT2D eigenvalue weighted by molar-refractivity contribution is 5.83. The second kappa shape index (κ2) is 20.6. The lowest BCUT2D eigenvalue weighted by molar-refractivity contribution is -0.121. The Balaban J connectivity index is 0. The van der Waals surface area contributed by atoms with Gasteiger partial charge in [0, 0.05) is 12.5 Å². The number of rotatable bonds is 15. The van der Waals surface area contributed by atoms with E-state index in [4.69, 9.17) is 0 Å². The Hall–Kier alpha value is -0.450. The van der Waals surface area contributed by atoms with Crippen LogP contribution in [0.15, 0.2) is 0 Å². The van der Waals surface area contributed by atoms with E-state index < -0.39 is 0 Å². The predicted octanol–water partition coefficient (Wildman–Crippen LogP) is 3.90. The van der Waals surface area contributed by atoms with Gasteiger partial charge in [-0.05, 0) is 59.3 Å². The molecule has 0 aromatic heterocycles. The van der Waals surface area contributed by atoms with Crippen molar-refractivity contribution in [3.05, 3.63) is 0 Å². The molecule has 0 heterocycles. The van der Waals surface area contributed by atoms with E-state index in [1.807, 2.05) is 7.05 Å². The van der Waals surface area contributed by atoms with Gasteiger partial charge in [-0.1, -0.05) is 47.0 Å². The lowest BCUT2D eigenvalue weighted by atomic mass is 9.99. The Labute approximate surface area is 151 Å². The van der Waals surface area contributed by atoms with Crippen molar-refractivity contribution in [1.82, 2.24) is 16.0 Å². The molecule has 24 heavy (non-hydrogen) atoms. The molecule has 0 aliphatic rings. The molecule has 0 saturated heterocycles. The summed E-state index contributed by atoms with van der Waals surface area (Å²) >= 11 is 0. The Bertz CT molecular complexity index is 259. The molecule has 0 aliphatic heterocycles. The smallest absolute Gasteiger partial charge is 0.149 e. The number of carbonyl (C=O) groups is 1. The van der Waals surface area contributed by atoms with Crippen molar-refractivity contribution in [3.63, 3.8) is 0 Å². The molecule has 146 valence electrons. The van der Waals surface area contributed by atoms with Gasteiger partial charge in [0.25, 0.3) is 0 Å². The van der Waals surface area contributed by atoms with E-state index in [2.05, 4.69) is 50.6 Å². The molecule has 4 heteroatoms. The third-order valence-electron chi connectivity index (χ3n) is 3.99. The Morgan fingerprint density at radius 3 is 2.08 bits per heavy atom. The zero-order valence-electron chi connectivity index (χ0n) is 17.3. The van der Waals surface area contributed by atoms with E-state index >= 15 is 0 Å². The summed E-state index contributed by atoms with van der Waals surface area (Å²) in [5.41, 5.74) is 0. The number of likely N-dealkylation sites (N-methyl/N-ethyl adjacent to an activating group) is 1. The molecule has 0 aromatic rings. The van der Waals surface area contributed by atoms with Gasteiger partial charge >= 0.3 is 0 Å². The van der Waals surface area contributed by atoms with Crippen LogP contribution in [-0.4, -0.2) is 44.5 Å². The molecule has 2 unspecified atom stereocenters. The monoisotopic (exact) mass is 343 g/mol. The van der Waals surface area contributed by atoms with Crippen molar-refractivity contribution in [2.45, 2.75) is 98.1 Å². The quantitative estimate of drug-likeness (QED) is 0.395. The first-order chi connectivity index (χ1) is 11.6. The van der Waals surface area contributed by atoms with Crippen LogP contribution in [0.3, 0.4) is 0 Å². The first kappa shape index (κ1) is 25.8. The average molecular weight is 344 g/mol. The third kappa shape index (κ3) is 17.9. The largest absolute Gasteiger partial charge is 0.317 e. The molecule has 0 saturated carbocycles. The summed E-state index contributed by atoms with van der Waals surface area (Å²) in [7, 11) is 1.99. The van der Waals surface area contributed by atoms with Crippen molar-refractivity contribution >= 4 is 5.78 Å². The van der Waals surface area contributed by atoms with Gasteiger partial charge in [-0.25, -0.2) is 0 Å². The molecule has 0 rings (SSSR count). The Morgan fingerprint density at radius 1 is 0.917 bits per heavy atom. The van der Waals surface area contributed by atoms with E-state index in [-0.39, 0.29) is 6.04 Å². The fourth-order valence-corrected chi connectivity index (χ4v) is 2.47.